The van der Waals surface area contributed by atoms with E-state index in [1.807, 2.05) is 57.6 Å². The van der Waals surface area contributed by atoms with Crippen LogP contribution in [0.15, 0.2) is 63.5 Å². The lowest BCUT2D eigenvalue weighted by Crippen LogP contribution is -2.41. The highest BCUT2D eigenvalue weighted by molar-refractivity contribution is 14.1. The van der Waals surface area contributed by atoms with Crippen LogP contribution in [-0.2, 0) is 20.7 Å². The van der Waals surface area contributed by atoms with Crippen LogP contribution in [0.3, 0.4) is 0 Å². The number of amides is 1. The number of nitrogens with zero attached hydrogens (tertiary/aromatic N) is 5. The van der Waals surface area contributed by atoms with Crippen molar-refractivity contribution in [2.45, 2.75) is 63.9 Å². The molecule has 240 valence electrons. The highest BCUT2D eigenvalue weighted by Crippen LogP contribution is 2.36. The Morgan fingerprint density at radius 1 is 1.11 bits per heavy atom. The Hall–Kier alpha value is -2.75. The molecule has 0 atom stereocenters. The van der Waals surface area contributed by atoms with E-state index in [1.165, 1.54) is 6.20 Å². The Kier molecular flexibility index (Phi) is 10.7. The number of likely N-dealkylation sites (tertiary alicyclic amines) is 1. The molecule has 13 heteroatoms. The molecule has 0 bridgehead atoms. The molecule has 0 unspecified atom stereocenters. The molecular formula is C32H38IN5O5S2. The summed E-state index contributed by atoms with van der Waals surface area (Å²) in [6.45, 7) is 9.10. The molecule has 45 heavy (non-hydrogen) atoms. The lowest BCUT2D eigenvalue weighted by Gasteiger charge is -2.33. The Morgan fingerprint density at radius 3 is 2.56 bits per heavy atom. The maximum absolute atomic E-state index is 13.3. The van der Waals surface area contributed by atoms with E-state index in [9.17, 15) is 14.4 Å². The minimum Gasteiger partial charge on any atom is -0.444 e. The average Bonchev–Trinajstić information content (AvgIpc) is 3.42. The monoisotopic (exact) mass is 763 g/mol. The third-order valence-electron chi connectivity index (χ3n) is 7.86. The van der Waals surface area contributed by atoms with Gasteiger partial charge in [-0.1, -0.05) is 6.92 Å². The van der Waals surface area contributed by atoms with Crippen LogP contribution in [0.25, 0.3) is 27.7 Å². The molecule has 0 N–H and O–H groups in total. The van der Waals surface area contributed by atoms with Gasteiger partial charge in [-0.25, -0.2) is 7.31 Å². The predicted octanol–water partition coefficient (Wildman–Crippen LogP) is 7.02. The number of carbonyl (C=O) groups is 1. The molecular weight excluding hydrogens is 725 g/mol. The van der Waals surface area contributed by atoms with E-state index in [0.717, 1.165) is 76.5 Å². The van der Waals surface area contributed by atoms with Crippen LogP contribution in [0.1, 0.15) is 52.7 Å². The summed E-state index contributed by atoms with van der Waals surface area (Å²) >= 11 is 4.58. The van der Waals surface area contributed by atoms with E-state index in [-0.39, 0.29) is 17.2 Å². The first kappa shape index (κ1) is 33.6. The van der Waals surface area contributed by atoms with Crippen molar-refractivity contribution in [2.24, 2.45) is 13.0 Å². The lowest BCUT2D eigenvalue weighted by atomic mass is 9.92. The fourth-order valence-corrected chi connectivity index (χ4v) is 7.32. The summed E-state index contributed by atoms with van der Waals surface area (Å²) in [5, 5.41) is 0.777. The van der Waals surface area contributed by atoms with Crippen molar-refractivity contribution >= 4 is 64.0 Å². The number of hydrogen-bond donors (Lipinski definition) is 0. The zero-order valence-electron chi connectivity index (χ0n) is 26.1. The van der Waals surface area contributed by atoms with Gasteiger partial charge in [-0.3, -0.25) is 23.1 Å². The van der Waals surface area contributed by atoms with Crippen LogP contribution in [0.4, 0.5) is 4.79 Å². The second kappa shape index (κ2) is 14.3. The molecule has 0 saturated carbocycles. The van der Waals surface area contributed by atoms with Gasteiger partial charge >= 0.3 is 6.09 Å². The number of carbonyl (C=O) groups excluding carboxylic acids is 1. The molecule has 0 aliphatic carbocycles. The summed E-state index contributed by atoms with van der Waals surface area (Å²) in [4.78, 5) is 46.3. The van der Waals surface area contributed by atoms with Crippen molar-refractivity contribution in [3.8, 4) is 16.8 Å². The fourth-order valence-electron chi connectivity index (χ4n) is 5.68. The molecule has 5 rings (SSSR count). The van der Waals surface area contributed by atoms with Gasteiger partial charge in [0.2, 0.25) is 0 Å². The van der Waals surface area contributed by atoms with Crippen LogP contribution in [0.2, 0.25) is 0 Å². The van der Waals surface area contributed by atoms with Gasteiger partial charge in [0.25, 0.3) is 11.1 Å². The zero-order chi connectivity index (χ0) is 32.3. The maximum Gasteiger partial charge on any atom is 0.410 e. The van der Waals surface area contributed by atoms with Crippen molar-refractivity contribution in [1.82, 2.24) is 23.0 Å². The topological polar surface area (TPSA) is 101 Å². The van der Waals surface area contributed by atoms with Crippen LogP contribution in [0, 0.1) is 5.92 Å². The minimum atomic E-state index is -0.505. The average molecular weight is 764 g/mol. The smallest absolute Gasteiger partial charge is 0.410 e. The van der Waals surface area contributed by atoms with Crippen molar-refractivity contribution in [3.63, 3.8) is 0 Å². The highest BCUT2D eigenvalue weighted by atomic mass is 127. The lowest BCUT2D eigenvalue weighted by molar-refractivity contribution is 0.0181. The van der Waals surface area contributed by atoms with E-state index >= 15 is 0 Å². The normalized spacial score (nSPS) is 14.3. The summed E-state index contributed by atoms with van der Waals surface area (Å²) in [7, 11) is 1.73. The number of piperidine rings is 1. The Balaban J connectivity index is 1.44. The summed E-state index contributed by atoms with van der Waals surface area (Å²) in [5.41, 5.74) is 2.88. The SMILES string of the molecule is CCSc1ccc(-n2cc(CCC3CCN(C(=O)OC(C)(C)C)CC3)ncc2=O)c(-c2cn(C)c(=O)c3c2ccn3SOI)c1. The fraction of sp³-hybridized carbons (Fsp3) is 0.438. The van der Waals surface area contributed by atoms with E-state index < -0.39 is 5.60 Å². The molecule has 0 spiro atoms. The minimum absolute atomic E-state index is 0.138. The van der Waals surface area contributed by atoms with Crippen molar-refractivity contribution < 1.29 is 12.0 Å². The van der Waals surface area contributed by atoms with Gasteiger partial charge in [-0.15, -0.1) is 11.8 Å². The number of rotatable bonds is 9. The second-order valence-corrected chi connectivity index (χ2v) is 15.2. The number of halogens is 1. The summed E-state index contributed by atoms with van der Waals surface area (Å²) in [6, 6.07) is 8.00. The van der Waals surface area contributed by atoms with E-state index in [4.69, 9.17) is 7.25 Å². The first-order valence-electron chi connectivity index (χ1n) is 15.0. The summed E-state index contributed by atoms with van der Waals surface area (Å²) < 4.78 is 15.7. The van der Waals surface area contributed by atoms with Crippen LogP contribution >= 0.6 is 47.0 Å². The zero-order valence-corrected chi connectivity index (χ0v) is 29.9. The van der Waals surface area contributed by atoms with Gasteiger partial charge in [-0.2, -0.15) is 0 Å². The van der Waals surface area contributed by atoms with E-state index in [1.54, 1.807) is 59.8 Å². The van der Waals surface area contributed by atoms with Crippen LogP contribution in [0.5, 0.6) is 0 Å². The molecule has 1 aliphatic heterocycles. The number of pyridine rings is 1. The highest BCUT2D eigenvalue weighted by Gasteiger charge is 2.27. The largest absolute Gasteiger partial charge is 0.444 e. The number of thioether (sulfide) groups is 1. The molecule has 1 fully saturated rings. The van der Waals surface area contributed by atoms with Crippen molar-refractivity contribution in [2.75, 3.05) is 18.8 Å². The van der Waals surface area contributed by atoms with Gasteiger partial charge in [0.1, 0.15) is 46.4 Å². The third kappa shape index (κ3) is 7.80. The molecule has 3 aromatic heterocycles. The summed E-state index contributed by atoms with van der Waals surface area (Å²) in [6.07, 6.45) is 10.1. The third-order valence-corrected chi connectivity index (χ3v) is 9.74. The first-order valence-corrected chi connectivity index (χ1v) is 17.5. The number of aryl methyl sites for hydroxylation is 2. The molecule has 1 aliphatic rings. The molecule has 1 saturated heterocycles. The molecule has 1 amide bonds. The number of aromatic nitrogens is 4. The predicted molar refractivity (Wildman–Crippen MR) is 189 cm³/mol. The van der Waals surface area contributed by atoms with Gasteiger partial charge in [-0.05, 0) is 82.4 Å². The summed E-state index contributed by atoms with van der Waals surface area (Å²) in [5.74, 6) is 1.36. The van der Waals surface area contributed by atoms with Crippen molar-refractivity contribution in [3.05, 3.63) is 75.5 Å². The first-order chi connectivity index (χ1) is 21.5. The van der Waals surface area contributed by atoms with Crippen LogP contribution in [-0.4, -0.2) is 53.5 Å². The van der Waals surface area contributed by atoms with Crippen molar-refractivity contribution in [1.29, 1.82) is 0 Å². The van der Waals surface area contributed by atoms with Crippen LogP contribution < -0.4 is 11.1 Å². The quantitative estimate of drug-likeness (QED) is 0.102. The van der Waals surface area contributed by atoms with Gasteiger partial charge in [0, 0.05) is 60.1 Å². The standard InChI is InChI=1S/C32H38IN5O5S2/c1-6-44-23-9-10-27(25(17-23)26-20-35(5)30(40)29-24(26)13-16-38(29)45-43-33)37-19-22(34-18-28(37)39)8-7-21-11-14-36(15-12-21)31(41)42-32(2,3)4/h9-10,13,16-21H,6-8,11-12,14-15H2,1-5H3. The molecule has 10 nitrogen and oxygen atoms in total. The number of hydrogen-bond acceptors (Lipinski definition) is 8. The molecule has 4 aromatic rings. The molecule has 1 aromatic carbocycles. The van der Waals surface area contributed by atoms with E-state index in [0.29, 0.717) is 24.5 Å². The second-order valence-electron chi connectivity index (χ2n) is 12.1. The van der Waals surface area contributed by atoms with Gasteiger partial charge in [0.15, 0.2) is 0 Å². The van der Waals surface area contributed by atoms with Gasteiger partial charge in [0.05, 0.1) is 17.6 Å². The number of fused-ring (bicyclic) bond motifs is 1. The Bertz CT molecular complexity index is 1800. The number of ether oxygens (including phenoxy) is 1. The number of benzene rings is 1. The Labute approximate surface area is 285 Å². The molecule has 0 radical (unpaired) electrons. The van der Waals surface area contributed by atoms with Gasteiger partial charge < -0.3 is 14.2 Å². The maximum atomic E-state index is 13.3. The Morgan fingerprint density at radius 2 is 1.87 bits per heavy atom. The molecule has 4 heterocycles. The van der Waals surface area contributed by atoms with E-state index in [2.05, 4.69) is 18.0 Å².